The topological polar surface area (TPSA) is 75.4 Å². The van der Waals surface area contributed by atoms with Crippen LogP contribution in [-0.4, -0.2) is 36.3 Å². The van der Waals surface area contributed by atoms with E-state index in [2.05, 4.69) is 5.32 Å². The smallest absolute Gasteiger partial charge is 0.251 e. The maximum atomic E-state index is 13.1. The molecule has 6 heteroatoms. The van der Waals surface area contributed by atoms with Crippen molar-refractivity contribution in [3.63, 3.8) is 0 Å². The zero-order chi connectivity index (χ0) is 15.1. The van der Waals surface area contributed by atoms with Gasteiger partial charge < -0.3 is 16.0 Å². The minimum atomic E-state index is -0.561. The van der Waals surface area contributed by atoms with Crippen LogP contribution in [-0.2, 0) is 4.79 Å². The number of hydrogen-bond acceptors (Lipinski definition) is 3. The van der Waals surface area contributed by atoms with Crippen LogP contribution in [0.2, 0.25) is 0 Å². The first-order chi connectivity index (χ1) is 9.47. The summed E-state index contributed by atoms with van der Waals surface area (Å²) in [7, 11) is 0. The third-order valence-corrected chi connectivity index (χ3v) is 2.92. The summed E-state index contributed by atoms with van der Waals surface area (Å²) in [4.78, 5) is 25.2. The summed E-state index contributed by atoms with van der Waals surface area (Å²) in [6.07, 6.45) is 0.220. The van der Waals surface area contributed by atoms with Gasteiger partial charge in [-0.25, -0.2) is 4.39 Å². The second-order valence-corrected chi connectivity index (χ2v) is 4.35. The van der Waals surface area contributed by atoms with E-state index < -0.39 is 11.7 Å². The monoisotopic (exact) mass is 281 g/mol. The van der Waals surface area contributed by atoms with E-state index in [-0.39, 0.29) is 30.1 Å². The molecule has 0 aliphatic heterocycles. The number of nitrogens with two attached hydrogens (primary N) is 1. The van der Waals surface area contributed by atoms with E-state index in [1.807, 2.05) is 13.8 Å². The molecule has 5 nitrogen and oxygen atoms in total. The number of rotatable bonds is 6. The highest BCUT2D eigenvalue weighted by Crippen LogP contribution is 2.10. The predicted octanol–water partition coefficient (Wildman–Crippen LogP) is 1.40. The SMILES string of the molecule is CCN(CC)C(=O)CCNC(=O)c1cc(N)cc(F)c1. The quantitative estimate of drug-likeness (QED) is 0.774. The molecule has 1 aromatic carbocycles. The van der Waals surface area contributed by atoms with Crippen LogP contribution in [0.25, 0.3) is 0 Å². The molecule has 0 aromatic heterocycles. The Morgan fingerprint density at radius 1 is 1.25 bits per heavy atom. The molecule has 2 amide bonds. The van der Waals surface area contributed by atoms with Gasteiger partial charge in [-0.15, -0.1) is 0 Å². The first kappa shape index (κ1) is 15.9. The van der Waals surface area contributed by atoms with Crippen molar-refractivity contribution in [1.29, 1.82) is 0 Å². The fourth-order valence-electron chi connectivity index (χ4n) is 1.86. The molecular weight excluding hydrogens is 261 g/mol. The van der Waals surface area contributed by atoms with Crippen LogP contribution in [0.15, 0.2) is 18.2 Å². The summed E-state index contributed by atoms with van der Waals surface area (Å²) in [5.41, 5.74) is 5.81. The molecule has 0 bridgehead atoms. The van der Waals surface area contributed by atoms with Crippen LogP contribution in [0.1, 0.15) is 30.6 Å². The first-order valence-electron chi connectivity index (χ1n) is 6.60. The van der Waals surface area contributed by atoms with Crippen LogP contribution in [0, 0.1) is 5.82 Å². The zero-order valence-electron chi connectivity index (χ0n) is 11.8. The van der Waals surface area contributed by atoms with Gasteiger partial charge in [0.15, 0.2) is 0 Å². The molecule has 0 radical (unpaired) electrons. The Labute approximate surface area is 117 Å². The number of hydrogen-bond donors (Lipinski definition) is 2. The van der Waals surface area contributed by atoms with Crippen molar-refractivity contribution in [1.82, 2.24) is 10.2 Å². The molecular formula is C14H20FN3O2. The molecule has 0 saturated carbocycles. The lowest BCUT2D eigenvalue weighted by Gasteiger charge is -2.18. The van der Waals surface area contributed by atoms with E-state index in [1.54, 1.807) is 4.90 Å². The Hall–Kier alpha value is -2.11. The molecule has 0 spiro atoms. The zero-order valence-corrected chi connectivity index (χ0v) is 11.8. The average Bonchev–Trinajstić information content (AvgIpc) is 2.38. The second-order valence-electron chi connectivity index (χ2n) is 4.35. The molecule has 1 aromatic rings. The summed E-state index contributed by atoms with van der Waals surface area (Å²) in [5.74, 6) is -1.02. The number of halogens is 1. The van der Waals surface area contributed by atoms with E-state index in [0.717, 1.165) is 12.1 Å². The lowest BCUT2D eigenvalue weighted by Crippen LogP contribution is -2.34. The van der Waals surface area contributed by atoms with E-state index >= 15 is 0 Å². The first-order valence-corrected chi connectivity index (χ1v) is 6.60. The Bertz CT molecular complexity index is 467. The fourth-order valence-corrected chi connectivity index (χ4v) is 1.86. The summed E-state index contributed by atoms with van der Waals surface area (Å²) in [6, 6.07) is 3.64. The lowest BCUT2D eigenvalue weighted by molar-refractivity contribution is -0.130. The largest absolute Gasteiger partial charge is 0.399 e. The number of amides is 2. The third-order valence-electron chi connectivity index (χ3n) is 2.92. The second kappa shape index (κ2) is 7.47. The van der Waals surface area contributed by atoms with Gasteiger partial charge in [-0.1, -0.05) is 0 Å². The molecule has 110 valence electrons. The van der Waals surface area contributed by atoms with Crippen molar-refractivity contribution in [2.24, 2.45) is 0 Å². The number of anilines is 1. The van der Waals surface area contributed by atoms with Gasteiger partial charge in [-0.3, -0.25) is 9.59 Å². The number of benzene rings is 1. The van der Waals surface area contributed by atoms with Crippen LogP contribution < -0.4 is 11.1 Å². The van der Waals surface area contributed by atoms with Gasteiger partial charge in [-0.05, 0) is 32.0 Å². The van der Waals surface area contributed by atoms with Crippen molar-refractivity contribution in [3.8, 4) is 0 Å². The number of nitrogen functional groups attached to an aromatic ring is 1. The highest BCUT2D eigenvalue weighted by atomic mass is 19.1. The fraction of sp³-hybridized carbons (Fsp3) is 0.429. The lowest BCUT2D eigenvalue weighted by atomic mass is 10.2. The number of nitrogens with zero attached hydrogens (tertiary/aromatic N) is 1. The molecule has 0 atom stereocenters. The maximum Gasteiger partial charge on any atom is 0.251 e. The number of nitrogens with one attached hydrogen (secondary N) is 1. The highest BCUT2D eigenvalue weighted by molar-refractivity contribution is 5.95. The van der Waals surface area contributed by atoms with Gasteiger partial charge in [0, 0.05) is 37.3 Å². The van der Waals surface area contributed by atoms with Crippen LogP contribution in [0.4, 0.5) is 10.1 Å². The predicted molar refractivity (Wildman–Crippen MR) is 75.7 cm³/mol. The van der Waals surface area contributed by atoms with Crippen molar-refractivity contribution >= 4 is 17.5 Å². The normalized spacial score (nSPS) is 10.2. The van der Waals surface area contributed by atoms with E-state index in [9.17, 15) is 14.0 Å². The summed E-state index contributed by atoms with van der Waals surface area (Å²) in [6.45, 7) is 5.29. The summed E-state index contributed by atoms with van der Waals surface area (Å²) in [5, 5.41) is 2.58. The molecule has 0 aliphatic carbocycles. The standard InChI is InChI=1S/C14H20FN3O2/c1-3-18(4-2)13(19)5-6-17-14(20)10-7-11(15)9-12(16)8-10/h7-9H,3-6,16H2,1-2H3,(H,17,20). The Morgan fingerprint density at radius 2 is 1.90 bits per heavy atom. The van der Waals surface area contributed by atoms with Crippen LogP contribution in [0.3, 0.4) is 0 Å². The Kier molecular flexibility index (Phi) is 5.96. The summed E-state index contributed by atoms with van der Waals surface area (Å²) < 4.78 is 13.1. The molecule has 3 N–H and O–H groups in total. The molecule has 0 saturated heterocycles. The molecule has 0 heterocycles. The van der Waals surface area contributed by atoms with Crippen molar-refractivity contribution < 1.29 is 14.0 Å². The van der Waals surface area contributed by atoms with Gasteiger partial charge in [0.05, 0.1) is 0 Å². The van der Waals surface area contributed by atoms with E-state index in [0.29, 0.717) is 13.1 Å². The molecule has 20 heavy (non-hydrogen) atoms. The molecule has 0 fully saturated rings. The average molecular weight is 281 g/mol. The highest BCUT2D eigenvalue weighted by Gasteiger charge is 2.11. The van der Waals surface area contributed by atoms with Gasteiger partial charge >= 0.3 is 0 Å². The van der Waals surface area contributed by atoms with Crippen molar-refractivity contribution in [3.05, 3.63) is 29.6 Å². The van der Waals surface area contributed by atoms with Gasteiger partial charge in [-0.2, -0.15) is 0 Å². The van der Waals surface area contributed by atoms with Crippen molar-refractivity contribution in [2.75, 3.05) is 25.4 Å². The molecule has 0 aliphatic rings. The van der Waals surface area contributed by atoms with Gasteiger partial charge in [0.25, 0.3) is 5.91 Å². The van der Waals surface area contributed by atoms with Gasteiger partial charge in [0.2, 0.25) is 5.91 Å². The molecule has 1 rings (SSSR count). The minimum Gasteiger partial charge on any atom is -0.399 e. The summed E-state index contributed by atoms with van der Waals surface area (Å²) >= 11 is 0. The van der Waals surface area contributed by atoms with Crippen LogP contribution in [0.5, 0.6) is 0 Å². The van der Waals surface area contributed by atoms with E-state index in [1.165, 1.54) is 6.07 Å². The Balaban J connectivity index is 2.49. The number of carbonyl (C=O) groups excluding carboxylic acids is 2. The van der Waals surface area contributed by atoms with Gasteiger partial charge in [0.1, 0.15) is 5.82 Å². The number of carbonyl (C=O) groups is 2. The Morgan fingerprint density at radius 3 is 2.45 bits per heavy atom. The minimum absolute atomic E-state index is 0.0194. The van der Waals surface area contributed by atoms with E-state index in [4.69, 9.17) is 5.73 Å². The maximum absolute atomic E-state index is 13.1. The van der Waals surface area contributed by atoms with Crippen molar-refractivity contribution in [2.45, 2.75) is 20.3 Å². The third kappa shape index (κ3) is 4.53. The van der Waals surface area contributed by atoms with Crippen LogP contribution >= 0.6 is 0 Å². The molecule has 0 unspecified atom stereocenters.